The summed E-state index contributed by atoms with van der Waals surface area (Å²) in [6, 6.07) is 14.8. The Labute approximate surface area is 130 Å². The highest BCUT2D eigenvalue weighted by Gasteiger charge is 2.09. The first-order chi connectivity index (χ1) is 10.7. The number of anilines is 1. The van der Waals surface area contributed by atoms with Crippen LogP contribution in [0.3, 0.4) is 0 Å². The van der Waals surface area contributed by atoms with Gasteiger partial charge in [-0.1, -0.05) is 18.2 Å². The summed E-state index contributed by atoms with van der Waals surface area (Å²) in [6.45, 7) is 1.01. The van der Waals surface area contributed by atoms with Crippen molar-refractivity contribution in [1.82, 2.24) is 9.88 Å². The Balaban J connectivity index is 1.83. The van der Waals surface area contributed by atoms with Gasteiger partial charge in [-0.3, -0.25) is 14.7 Å². The van der Waals surface area contributed by atoms with Crippen molar-refractivity contribution in [2.75, 3.05) is 25.5 Å². The van der Waals surface area contributed by atoms with Crippen molar-refractivity contribution in [2.45, 2.75) is 6.42 Å². The van der Waals surface area contributed by atoms with Crippen LogP contribution in [-0.4, -0.2) is 35.9 Å². The zero-order valence-corrected chi connectivity index (χ0v) is 12.5. The van der Waals surface area contributed by atoms with Gasteiger partial charge in [0.15, 0.2) is 0 Å². The van der Waals surface area contributed by atoms with Gasteiger partial charge in [-0.05, 0) is 31.3 Å². The fraction of sp³-hybridized carbons (Fsp3) is 0.235. The van der Waals surface area contributed by atoms with E-state index in [2.05, 4.69) is 16.4 Å². The fourth-order valence-electron chi connectivity index (χ4n) is 2.05. The van der Waals surface area contributed by atoms with Crippen molar-refractivity contribution in [3.63, 3.8) is 0 Å². The molecule has 5 heteroatoms. The van der Waals surface area contributed by atoms with E-state index in [4.69, 9.17) is 5.26 Å². The molecule has 2 aromatic rings. The third-order valence-corrected chi connectivity index (χ3v) is 3.21. The third-order valence-electron chi connectivity index (χ3n) is 3.21. The van der Waals surface area contributed by atoms with E-state index >= 15 is 0 Å². The summed E-state index contributed by atoms with van der Waals surface area (Å²) in [7, 11) is 1.89. The zero-order chi connectivity index (χ0) is 15.8. The fourth-order valence-corrected chi connectivity index (χ4v) is 2.05. The molecule has 0 saturated heterocycles. The number of benzene rings is 1. The standard InChI is InChI=1S/C17H18N4O/c1-21(11-9-15-7-4-5-10-19-15)13-17(22)20-16-8-3-2-6-14(16)12-18/h2-8,10H,9,11,13H2,1H3,(H,20,22). The highest BCUT2D eigenvalue weighted by atomic mass is 16.2. The molecular formula is C17H18N4O. The molecule has 0 atom stereocenters. The van der Waals surface area contributed by atoms with Crippen molar-refractivity contribution in [1.29, 1.82) is 5.26 Å². The van der Waals surface area contributed by atoms with Crippen LogP contribution < -0.4 is 5.32 Å². The molecule has 0 spiro atoms. The van der Waals surface area contributed by atoms with Gasteiger partial charge in [0.05, 0.1) is 17.8 Å². The number of aromatic nitrogens is 1. The van der Waals surface area contributed by atoms with Gasteiger partial charge in [0.25, 0.3) is 0 Å². The smallest absolute Gasteiger partial charge is 0.238 e. The van der Waals surface area contributed by atoms with E-state index < -0.39 is 0 Å². The molecule has 2 rings (SSSR count). The summed E-state index contributed by atoms with van der Waals surface area (Å²) in [5.41, 5.74) is 2.02. The molecule has 1 heterocycles. The van der Waals surface area contributed by atoms with E-state index in [0.717, 1.165) is 18.7 Å². The molecular weight excluding hydrogens is 276 g/mol. The second kappa shape index (κ2) is 7.91. The Morgan fingerprint density at radius 1 is 1.27 bits per heavy atom. The zero-order valence-electron chi connectivity index (χ0n) is 12.5. The number of para-hydroxylation sites is 1. The van der Waals surface area contributed by atoms with Crippen LogP contribution in [0.5, 0.6) is 0 Å². The first-order valence-corrected chi connectivity index (χ1v) is 7.06. The summed E-state index contributed by atoms with van der Waals surface area (Å²) in [4.78, 5) is 18.2. The van der Waals surface area contributed by atoms with Crippen LogP contribution in [-0.2, 0) is 11.2 Å². The predicted molar refractivity (Wildman–Crippen MR) is 85.2 cm³/mol. The van der Waals surface area contributed by atoms with Gasteiger partial charge in [0.2, 0.25) is 5.91 Å². The number of nitrogens with one attached hydrogen (secondary N) is 1. The average molecular weight is 294 g/mol. The molecule has 5 nitrogen and oxygen atoms in total. The number of likely N-dealkylation sites (N-methyl/N-ethyl adjacent to an activating group) is 1. The molecule has 0 aliphatic rings. The van der Waals surface area contributed by atoms with Crippen LogP contribution in [0, 0.1) is 11.3 Å². The van der Waals surface area contributed by atoms with Gasteiger partial charge in [0.1, 0.15) is 6.07 Å². The Kier molecular flexibility index (Phi) is 5.64. The molecule has 0 aliphatic heterocycles. The van der Waals surface area contributed by atoms with Crippen molar-refractivity contribution in [2.24, 2.45) is 0 Å². The molecule has 0 radical (unpaired) electrons. The van der Waals surface area contributed by atoms with Crippen LogP contribution in [0.2, 0.25) is 0 Å². The van der Waals surface area contributed by atoms with Crippen LogP contribution in [0.4, 0.5) is 5.69 Å². The normalized spacial score (nSPS) is 10.2. The Morgan fingerprint density at radius 3 is 2.77 bits per heavy atom. The van der Waals surface area contributed by atoms with Gasteiger partial charge < -0.3 is 5.32 Å². The van der Waals surface area contributed by atoms with Gasteiger partial charge in [-0.2, -0.15) is 5.26 Å². The lowest BCUT2D eigenvalue weighted by Gasteiger charge is -2.16. The third kappa shape index (κ3) is 4.69. The Hall–Kier alpha value is -2.71. The number of carbonyl (C=O) groups excluding carboxylic acids is 1. The summed E-state index contributed by atoms with van der Waals surface area (Å²) in [6.07, 6.45) is 2.56. The van der Waals surface area contributed by atoms with Crippen molar-refractivity contribution in [3.05, 3.63) is 59.9 Å². The van der Waals surface area contributed by atoms with E-state index in [1.54, 1.807) is 30.5 Å². The van der Waals surface area contributed by atoms with E-state index in [-0.39, 0.29) is 12.5 Å². The Morgan fingerprint density at radius 2 is 2.05 bits per heavy atom. The number of amides is 1. The molecule has 1 amide bonds. The second-order valence-corrected chi connectivity index (χ2v) is 5.01. The van der Waals surface area contributed by atoms with Gasteiger partial charge in [-0.25, -0.2) is 0 Å². The van der Waals surface area contributed by atoms with Crippen molar-refractivity contribution in [3.8, 4) is 6.07 Å². The summed E-state index contributed by atoms with van der Waals surface area (Å²) in [5, 5.41) is 11.8. The van der Waals surface area contributed by atoms with Crippen LogP contribution in [0.25, 0.3) is 0 Å². The second-order valence-electron chi connectivity index (χ2n) is 5.01. The molecule has 1 aromatic carbocycles. The van der Waals surface area contributed by atoms with E-state index in [1.807, 2.05) is 30.1 Å². The molecule has 0 fully saturated rings. The molecule has 22 heavy (non-hydrogen) atoms. The minimum absolute atomic E-state index is 0.133. The Bertz CT molecular complexity index is 664. The first kappa shape index (κ1) is 15.7. The number of pyridine rings is 1. The van der Waals surface area contributed by atoms with E-state index in [0.29, 0.717) is 11.3 Å². The van der Waals surface area contributed by atoms with E-state index in [9.17, 15) is 4.79 Å². The summed E-state index contributed by atoms with van der Waals surface area (Å²) >= 11 is 0. The highest BCUT2D eigenvalue weighted by molar-refractivity contribution is 5.93. The van der Waals surface area contributed by atoms with Crippen LogP contribution >= 0.6 is 0 Å². The maximum absolute atomic E-state index is 12.0. The minimum Gasteiger partial charge on any atom is -0.324 e. The maximum atomic E-state index is 12.0. The predicted octanol–water partition coefficient (Wildman–Crippen LogP) is 2.07. The molecule has 0 unspecified atom stereocenters. The molecule has 0 bridgehead atoms. The van der Waals surface area contributed by atoms with Gasteiger partial charge >= 0.3 is 0 Å². The lowest BCUT2D eigenvalue weighted by atomic mass is 10.2. The SMILES string of the molecule is CN(CCc1ccccn1)CC(=O)Nc1ccccc1C#N. The van der Waals surface area contributed by atoms with Crippen molar-refractivity contribution >= 4 is 11.6 Å². The largest absolute Gasteiger partial charge is 0.324 e. The first-order valence-electron chi connectivity index (χ1n) is 7.06. The summed E-state index contributed by atoms with van der Waals surface area (Å²) in [5.74, 6) is -0.133. The van der Waals surface area contributed by atoms with Crippen LogP contribution in [0.1, 0.15) is 11.3 Å². The lowest BCUT2D eigenvalue weighted by molar-refractivity contribution is -0.117. The maximum Gasteiger partial charge on any atom is 0.238 e. The molecule has 0 aliphatic carbocycles. The topological polar surface area (TPSA) is 69.0 Å². The number of nitrogens with zero attached hydrogens (tertiary/aromatic N) is 3. The molecule has 112 valence electrons. The van der Waals surface area contributed by atoms with Crippen molar-refractivity contribution < 1.29 is 4.79 Å². The molecule has 1 N–H and O–H groups in total. The lowest BCUT2D eigenvalue weighted by Crippen LogP contribution is -2.31. The number of hydrogen-bond acceptors (Lipinski definition) is 4. The van der Waals surface area contributed by atoms with E-state index in [1.165, 1.54) is 0 Å². The summed E-state index contributed by atoms with van der Waals surface area (Å²) < 4.78 is 0. The number of hydrogen-bond donors (Lipinski definition) is 1. The van der Waals surface area contributed by atoms with Gasteiger partial charge in [-0.15, -0.1) is 0 Å². The number of rotatable bonds is 6. The van der Waals surface area contributed by atoms with Crippen LogP contribution in [0.15, 0.2) is 48.7 Å². The van der Waals surface area contributed by atoms with Gasteiger partial charge in [0, 0.05) is 24.9 Å². The number of carbonyl (C=O) groups is 1. The monoisotopic (exact) mass is 294 g/mol. The number of nitriles is 1. The quantitative estimate of drug-likeness (QED) is 0.885. The highest BCUT2D eigenvalue weighted by Crippen LogP contribution is 2.13. The average Bonchev–Trinajstić information content (AvgIpc) is 2.54. The molecule has 0 saturated carbocycles. The molecule has 1 aromatic heterocycles. The minimum atomic E-state index is -0.133.